The smallest absolute Gasteiger partial charge is 0.419 e. The predicted molar refractivity (Wildman–Crippen MR) is 82.5 cm³/mol. The number of nitrogens with one attached hydrogen (secondary N) is 1. The van der Waals surface area contributed by atoms with Crippen molar-refractivity contribution in [2.45, 2.75) is 19.7 Å². The zero-order chi connectivity index (χ0) is 18.0. The standard InChI is InChI=1S/C16H13F3N4O2/c1-10-6-7-14(12(8-10)16(17,18)19)25-9-11-4-2-3-5-13(11)23-15(24)20-21-22-23/h2-8H,9H2,1H3,(H,20,22,24). The van der Waals surface area contributed by atoms with E-state index in [-0.39, 0.29) is 12.4 Å². The van der Waals surface area contributed by atoms with Crippen molar-refractivity contribution in [3.63, 3.8) is 0 Å². The maximum atomic E-state index is 13.2. The van der Waals surface area contributed by atoms with Gasteiger partial charge in [0, 0.05) is 5.56 Å². The minimum Gasteiger partial charge on any atom is -0.488 e. The summed E-state index contributed by atoms with van der Waals surface area (Å²) < 4.78 is 45.9. The van der Waals surface area contributed by atoms with Crippen molar-refractivity contribution in [1.82, 2.24) is 20.2 Å². The minimum absolute atomic E-state index is 0.165. The maximum Gasteiger partial charge on any atom is 0.419 e. The molecule has 1 N–H and O–H groups in total. The number of para-hydroxylation sites is 1. The zero-order valence-corrected chi connectivity index (χ0v) is 13.0. The molecule has 0 fully saturated rings. The summed E-state index contributed by atoms with van der Waals surface area (Å²) in [6, 6.07) is 10.4. The normalized spacial score (nSPS) is 11.5. The van der Waals surface area contributed by atoms with E-state index in [4.69, 9.17) is 4.74 Å². The quantitative estimate of drug-likeness (QED) is 0.785. The summed E-state index contributed by atoms with van der Waals surface area (Å²) in [7, 11) is 0. The maximum absolute atomic E-state index is 13.2. The first-order chi connectivity index (χ1) is 11.9. The third-order valence-electron chi connectivity index (χ3n) is 3.52. The summed E-state index contributed by atoms with van der Waals surface area (Å²) in [6.07, 6.45) is -4.52. The minimum atomic E-state index is -4.52. The molecule has 2 aromatic carbocycles. The lowest BCUT2D eigenvalue weighted by molar-refractivity contribution is -0.139. The van der Waals surface area contributed by atoms with Crippen LogP contribution < -0.4 is 10.4 Å². The molecule has 0 radical (unpaired) electrons. The number of hydrogen-bond donors (Lipinski definition) is 1. The Kier molecular flexibility index (Phi) is 4.30. The number of tetrazole rings is 1. The monoisotopic (exact) mass is 350 g/mol. The first-order valence-corrected chi connectivity index (χ1v) is 7.25. The van der Waals surface area contributed by atoms with Crippen LogP contribution in [0.3, 0.4) is 0 Å². The highest BCUT2D eigenvalue weighted by atomic mass is 19.4. The van der Waals surface area contributed by atoms with Crippen LogP contribution in [0.1, 0.15) is 16.7 Å². The molecule has 0 aliphatic carbocycles. The van der Waals surface area contributed by atoms with E-state index in [1.807, 2.05) is 0 Å². The summed E-state index contributed by atoms with van der Waals surface area (Å²) in [5.74, 6) is -0.277. The van der Waals surface area contributed by atoms with Crippen LogP contribution in [-0.4, -0.2) is 20.2 Å². The van der Waals surface area contributed by atoms with E-state index in [9.17, 15) is 18.0 Å². The molecule has 9 heteroatoms. The Morgan fingerprint density at radius 1 is 1.20 bits per heavy atom. The molecule has 25 heavy (non-hydrogen) atoms. The van der Waals surface area contributed by atoms with E-state index in [1.165, 1.54) is 6.07 Å². The Hall–Kier alpha value is -3.10. The van der Waals surface area contributed by atoms with Crippen LogP contribution in [0.5, 0.6) is 5.75 Å². The fourth-order valence-corrected chi connectivity index (χ4v) is 2.34. The highest BCUT2D eigenvalue weighted by Crippen LogP contribution is 2.37. The van der Waals surface area contributed by atoms with Crippen LogP contribution in [-0.2, 0) is 12.8 Å². The van der Waals surface area contributed by atoms with Gasteiger partial charge in [-0.15, -0.1) is 0 Å². The highest BCUT2D eigenvalue weighted by molar-refractivity contribution is 5.42. The molecule has 0 aliphatic rings. The van der Waals surface area contributed by atoms with Crippen molar-refractivity contribution >= 4 is 0 Å². The first-order valence-electron chi connectivity index (χ1n) is 7.25. The Morgan fingerprint density at radius 3 is 2.64 bits per heavy atom. The Balaban J connectivity index is 1.92. The van der Waals surface area contributed by atoms with Gasteiger partial charge in [0.15, 0.2) is 0 Å². The molecule has 0 aliphatic heterocycles. The Labute approximate surface area is 139 Å². The number of hydrogen-bond acceptors (Lipinski definition) is 4. The molecule has 0 saturated carbocycles. The predicted octanol–water partition coefficient (Wildman–Crippen LogP) is 2.86. The molecule has 0 bridgehead atoms. The first kappa shape index (κ1) is 16.7. The molecule has 0 unspecified atom stereocenters. The summed E-state index contributed by atoms with van der Waals surface area (Å²) in [4.78, 5) is 11.7. The SMILES string of the molecule is Cc1ccc(OCc2ccccc2-n2nn[nH]c2=O)c(C(F)(F)F)c1. The highest BCUT2D eigenvalue weighted by Gasteiger charge is 2.34. The molecular formula is C16H13F3N4O2. The van der Waals surface area contributed by atoms with E-state index in [2.05, 4.69) is 15.5 Å². The lowest BCUT2D eigenvalue weighted by Crippen LogP contribution is -2.18. The summed E-state index contributed by atoms with van der Waals surface area (Å²) in [6.45, 7) is 1.41. The second kappa shape index (κ2) is 6.42. The van der Waals surface area contributed by atoms with E-state index < -0.39 is 17.4 Å². The van der Waals surface area contributed by atoms with E-state index in [1.54, 1.807) is 37.3 Å². The van der Waals surface area contributed by atoms with Gasteiger partial charge in [-0.2, -0.15) is 17.9 Å². The fourth-order valence-electron chi connectivity index (χ4n) is 2.34. The van der Waals surface area contributed by atoms with Gasteiger partial charge >= 0.3 is 11.9 Å². The molecule has 3 rings (SSSR count). The van der Waals surface area contributed by atoms with Gasteiger partial charge in [0.1, 0.15) is 12.4 Å². The largest absolute Gasteiger partial charge is 0.488 e. The average Bonchev–Trinajstić information content (AvgIpc) is 2.99. The topological polar surface area (TPSA) is 72.8 Å². The number of halogens is 3. The van der Waals surface area contributed by atoms with Gasteiger partial charge in [-0.3, -0.25) is 0 Å². The van der Waals surface area contributed by atoms with Crippen LogP contribution in [0.2, 0.25) is 0 Å². The molecule has 3 aromatic rings. The third-order valence-corrected chi connectivity index (χ3v) is 3.52. The number of nitrogens with zero attached hydrogens (tertiary/aromatic N) is 3. The molecule has 0 amide bonds. The Morgan fingerprint density at radius 2 is 1.96 bits per heavy atom. The van der Waals surface area contributed by atoms with Gasteiger partial charge in [-0.05, 0) is 35.5 Å². The number of alkyl halides is 3. The van der Waals surface area contributed by atoms with Crippen molar-refractivity contribution in [3.8, 4) is 11.4 Å². The molecule has 130 valence electrons. The van der Waals surface area contributed by atoms with E-state index >= 15 is 0 Å². The van der Waals surface area contributed by atoms with Gasteiger partial charge in [0.2, 0.25) is 0 Å². The van der Waals surface area contributed by atoms with Crippen molar-refractivity contribution in [2.24, 2.45) is 0 Å². The number of rotatable bonds is 4. The molecule has 0 atom stereocenters. The van der Waals surface area contributed by atoms with Crippen molar-refractivity contribution < 1.29 is 17.9 Å². The van der Waals surface area contributed by atoms with E-state index in [0.29, 0.717) is 16.8 Å². The second-order valence-corrected chi connectivity index (χ2v) is 5.33. The zero-order valence-electron chi connectivity index (χ0n) is 13.0. The summed E-state index contributed by atoms with van der Waals surface area (Å²) in [5.41, 5.74) is -0.0503. The van der Waals surface area contributed by atoms with Crippen molar-refractivity contribution in [1.29, 1.82) is 0 Å². The van der Waals surface area contributed by atoms with Crippen molar-refractivity contribution in [2.75, 3.05) is 0 Å². The lowest BCUT2D eigenvalue weighted by Gasteiger charge is -2.15. The van der Waals surface area contributed by atoms with Crippen LogP contribution in [0.4, 0.5) is 13.2 Å². The molecule has 1 heterocycles. The van der Waals surface area contributed by atoms with Gasteiger partial charge in [0.05, 0.1) is 11.3 Å². The number of H-pyrrole nitrogens is 1. The van der Waals surface area contributed by atoms with E-state index in [0.717, 1.165) is 10.7 Å². The average molecular weight is 350 g/mol. The van der Waals surface area contributed by atoms with Gasteiger partial charge < -0.3 is 4.74 Å². The van der Waals surface area contributed by atoms with Crippen LogP contribution in [0, 0.1) is 6.92 Å². The van der Waals surface area contributed by atoms with Crippen LogP contribution in [0.15, 0.2) is 47.3 Å². The number of aromatic amines is 1. The lowest BCUT2D eigenvalue weighted by atomic mass is 10.1. The number of ether oxygens (including phenoxy) is 1. The molecule has 6 nitrogen and oxygen atoms in total. The number of aromatic nitrogens is 4. The van der Waals surface area contributed by atoms with Gasteiger partial charge in [-0.25, -0.2) is 9.89 Å². The van der Waals surface area contributed by atoms with Crippen LogP contribution >= 0.6 is 0 Å². The molecule has 0 spiro atoms. The summed E-state index contributed by atoms with van der Waals surface area (Å²) >= 11 is 0. The fraction of sp³-hybridized carbons (Fsp3) is 0.188. The third kappa shape index (κ3) is 3.54. The second-order valence-electron chi connectivity index (χ2n) is 5.33. The molecular weight excluding hydrogens is 337 g/mol. The Bertz CT molecular complexity index is 947. The number of aryl methyl sites for hydroxylation is 1. The summed E-state index contributed by atoms with van der Waals surface area (Å²) in [5, 5.41) is 9.19. The molecule has 0 saturated heterocycles. The van der Waals surface area contributed by atoms with Crippen molar-refractivity contribution in [3.05, 3.63) is 69.6 Å². The van der Waals surface area contributed by atoms with Crippen LogP contribution in [0.25, 0.3) is 5.69 Å². The van der Waals surface area contributed by atoms with Gasteiger partial charge in [0.25, 0.3) is 0 Å². The molecule has 1 aromatic heterocycles. The van der Waals surface area contributed by atoms with Gasteiger partial charge in [-0.1, -0.05) is 29.8 Å². The number of benzene rings is 2.